The Balaban J connectivity index is 2.13. The lowest BCUT2D eigenvalue weighted by atomic mass is 9.81. The first kappa shape index (κ1) is 17.1. The van der Waals surface area contributed by atoms with Crippen molar-refractivity contribution < 1.29 is 18.9 Å². The zero-order chi connectivity index (χ0) is 18.0. The van der Waals surface area contributed by atoms with Crippen molar-refractivity contribution in [3.05, 3.63) is 47.0 Å². The third-order valence-electron chi connectivity index (χ3n) is 4.62. The lowest BCUT2D eigenvalue weighted by Crippen LogP contribution is -2.21. The van der Waals surface area contributed by atoms with E-state index in [-0.39, 0.29) is 12.0 Å². The van der Waals surface area contributed by atoms with Gasteiger partial charge < -0.3 is 18.9 Å². The molecule has 0 bridgehead atoms. The quantitative estimate of drug-likeness (QED) is 0.832. The van der Waals surface area contributed by atoms with Crippen LogP contribution in [-0.4, -0.2) is 40.7 Å². The van der Waals surface area contributed by atoms with E-state index in [1.165, 1.54) is 0 Å². The third kappa shape index (κ3) is 3.02. The van der Waals surface area contributed by atoms with Crippen LogP contribution in [0, 0.1) is 0 Å². The molecule has 2 aromatic rings. The lowest BCUT2D eigenvalue weighted by molar-refractivity contribution is 0.353. The molecule has 132 valence electrons. The second kappa shape index (κ2) is 7.05. The number of aliphatic imine (C=N–C) groups is 1. The molecule has 25 heavy (non-hydrogen) atoms. The summed E-state index contributed by atoms with van der Waals surface area (Å²) in [4.78, 5) is 4.66. The summed E-state index contributed by atoms with van der Waals surface area (Å²) in [5.74, 6) is 2.94. The molecule has 0 N–H and O–H groups in total. The van der Waals surface area contributed by atoms with Crippen molar-refractivity contribution in [3.8, 4) is 23.0 Å². The van der Waals surface area contributed by atoms with Crippen LogP contribution in [-0.2, 0) is 0 Å². The third-order valence-corrected chi connectivity index (χ3v) is 4.62. The van der Waals surface area contributed by atoms with Gasteiger partial charge in [-0.15, -0.1) is 0 Å². The van der Waals surface area contributed by atoms with Crippen LogP contribution in [0.25, 0.3) is 0 Å². The summed E-state index contributed by atoms with van der Waals surface area (Å²) >= 11 is 0. The molecule has 0 saturated carbocycles. The van der Waals surface area contributed by atoms with Crippen molar-refractivity contribution in [1.29, 1.82) is 0 Å². The highest BCUT2D eigenvalue weighted by Crippen LogP contribution is 2.42. The number of fused-ring (bicyclic) bond motifs is 1. The molecule has 0 aliphatic carbocycles. The smallest absolute Gasteiger partial charge is 0.161 e. The topological polar surface area (TPSA) is 49.3 Å². The molecule has 0 spiro atoms. The molecular weight excluding hydrogens is 318 g/mol. The van der Waals surface area contributed by atoms with Gasteiger partial charge >= 0.3 is 0 Å². The van der Waals surface area contributed by atoms with Gasteiger partial charge in [0, 0.05) is 17.7 Å². The monoisotopic (exact) mass is 341 g/mol. The van der Waals surface area contributed by atoms with Gasteiger partial charge in [-0.25, -0.2) is 0 Å². The summed E-state index contributed by atoms with van der Waals surface area (Å²) in [6.07, 6.45) is 1.90. The molecule has 0 fully saturated rings. The normalized spacial score (nSPS) is 18.4. The van der Waals surface area contributed by atoms with Crippen LogP contribution in [0.15, 0.2) is 35.3 Å². The van der Waals surface area contributed by atoms with Gasteiger partial charge in [0.2, 0.25) is 0 Å². The molecule has 1 aliphatic rings. The fraction of sp³-hybridized carbons (Fsp3) is 0.350. The first-order valence-corrected chi connectivity index (χ1v) is 8.14. The predicted octanol–water partition coefficient (Wildman–Crippen LogP) is 3.67. The summed E-state index contributed by atoms with van der Waals surface area (Å²) in [7, 11) is 6.57. The standard InChI is InChI=1S/C20H23NO4/c1-12-20(13-6-7-16(22-2)17(8-13)23-3)15-10-19(25-5)18(24-4)9-14(15)11-21-12/h6-12,20H,1-5H3. The fourth-order valence-corrected chi connectivity index (χ4v) is 3.34. The van der Waals surface area contributed by atoms with Crippen LogP contribution in [0.2, 0.25) is 0 Å². The van der Waals surface area contributed by atoms with Crippen molar-refractivity contribution >= 4 is 6.21 Å². The molecule has 2 unspecified atom stereocenters. The van der Waals surface area contributed by atoms with Crippen LogP contribution in [0.1, 0.15) is 29.5 Å². The van der Waals surface area contributed by atoms with E-state index in [2.05, 4.69) is 18.0 Å². The van der Waals surface area contributed by atoms with Crippen LogP contribution < -0.4 is 18.9 Å². The summed E-state index contributed by atoms with van der Waals surface area (Å²) in [5.41, 5.74) is 3.32. The van der Waals surface area contributed by atoms with Crippen molar-refractivity contribution in [1.82, 2.24) is 0 Å². The van der Waals surface area contributed by atoms with E-state index in [0.29, 0.717) is 23.0 Å². The molecule has 5 heteroatoms. The van der Waals surface area contributed by atoms with Gasteiger partial charge in [-0.3, -0.25) is 4.99 Å². The highest BCUT2D eigenvalue weighted by molar-refractivity contribution is 5.85. The van der Waals surface area contributed by atoms with Crippen molar-refractivity contribution in [2.75, 3.05) is 28.4 Å². The Bertz CT molecular complexity index is 801. The number of nitrogens with zero attached hydrogens (tertiary/aromatic N) is 1. The molecule has 2 aromatic carbocycles. The summed E-state index contributed by atoms with van der Waals surface area (Å²) in [6.45, 7) is 2.11. The van der Waals surface area contributed by atoms with Gasteiger partial charge in [0.05, 0.1) is 34.5 Å². The van der Waals surface area contributed by atoms with E-state index < -0.39 is 0 Å². The van der Waals surface area contributed by atoms with Gasteiger partial charge in [0.15, 0.2) is 23.0 Å². The number of methoxy groups -OCH3 is 4. The Morgan fingerprint density at radius 1 is 0.760 bits per heavy atom. The van der Waals surface area contributed by atoms with Crippen molar-refractivity contribution in [2.24, 2.45) is 4.99 Å². The summed E-state index contributed by atoms with van der Waals surface area (Å²) < 4.78 is 21.7. The van der Waals surface area contributed by atoms with Gasteiger partial charge in [-0.05, 0) is 42.3 Å². The van der Waals surface area contributed by atoms with Crippen LogP contribution in [0.5, 0.6) is 23.0 Å². The van der Waals surface area contributed by atoms with Gasteiger partial charge in [-0.2, -0.15) is 0 Å². The van der Waals surface area contributed by atoms with Crippen molar-refractivity contribution in [2.45, 2.75) is 18.9 Å². The maximum Gasteiger partial charge on any atom is 0.161 e. The minimum atomic E-state index is 0.0969. The lowest BCUT2D eigenvalue weighted by Gasteiger charge is -2.28. The average molecular weight is 341 g/mol. The molecule has 0 saturated heterocycles. The molecule has 2 atom stereocenters. The maximum atomic E-state index is 5.49. The highest BCUT2D eigenvalue weighted by Gasteiger charge is 2.28. The van der Waals surface area contributed by atoms with Crippen LogP contribution >= 0.6 is 0 Å². The number of ether oxygens (including phenoxy) is 4. The minimum Gasteiger partial charge on any atom is -0.493 e. The largest absolute Gasteiger partial charge is 0.493 e. The van der Waals surface area contributed by atoms with E-state index >= 15 is 0 Å². The molecule has 5 nitrogen and oxygen atoms in total. The van der Waals surface area contributed by atoms with E-state index in [4.69, 9.17) is 18.9 Å². The van der Waals surface area contributed by atoms with E-state index in [9.17, 15) is 0 Å². The molecular formula is C20H23NO4. The molecule has 1 heterocycles. The number of benzene rings is 2. The highest BCUT2D eigenvalue weighted by atomic mass is 16.5. The van der Waals surface area contributed by atoms with E-state index in [0.717, 1.165) is 16.7 Å². The predicted molar refractivity (Wildman–Crippen MR) is 98.0 cm³/mol. The second-order valence-corrected chi connectivity index (χ2v) is 5.95. The molecule has 0 aromatic heterocycles. The van der Waals surface area contributed by atoms with Crippen molar-refractivity contribution in [3.63, 3.8) is 0 Å². The van der Waals surface area contributed by atoms with E-state index in [1.807, 2.05) is 30.5 Å². The summed E-state index contributed by atoms with van der Waals surface area (Å²) in [6, 6.07) is 10.1. The average Bonchev–Trinajstić information content (AvgIpc) is 2.66. The van der Waals surface area contributed by atoms with Gasteiger partial charge in [-0.1, -0.05) is 6.07 Å². The van der Waals surface area contributed by atoms with Gasteiger partial charge in [0.25, 0.3) is 0 Å². The Morgan fingerprint density at radius 2 is 1.36 bits per heavy atom. The second-order valence-electron chi connectivity index (χ2n) is 5.95. The molecule has 1 aliphatic heterocycles. The maximum absolute atomic E-state index is 5.49. The zero-order valence-corrected chi connectivity index (χ0v) is 15.2. The van der Waals surface area contributed by atoms with E-state index in [1.54, 1.807) is 28.4 Å². The zero-order valence-electron chi connectivity index (χ0n) is 15.2. The number of rotatable bonds is 5. The Morgan fingerprint density at radius 3 is 2.00 bits per heavy atom. The Hall–Kier alpha value is -2.69. The first-order chi connectivity index (χ1) is 12.1. The minimum absolute atomic E-state index is 0.0969. The number of hydrogen-bond donors (Lipinski definition) is 0. The Kier molecular flexibility index (Phi) is 4.83. The molecule has 3 rings (SSSR count). The Labute approximate surface area is 148 Å². The fourth-order valence-electron chi connectivity index (χ4n) is 3.34. The summed E-state index contributed by atoms with van der Waals surface area (Å²) in [5, 5.41) is 0. The van der Waals surface area contributed by atoms with Gasteiger partial charge in [0.1, 0.15) is 0 Å². The first-order valence-electron chi connectivity index (χ1n) is 8.14. The van der Waals surface area contributed by atoms with Crippen LogP contribution in [0.3, 0.4) is 0 Å². The molecule has 0 amide bonds. The number of hydrogen-bond acceptors (Lipinski definition) is 5. The SMILES string of the molecule is COc1ccc(C2c3cc(OC)c(OC)cc3C=NC2C)cc1OC. The van der Waals surface area contributed by atoms with Crippen LogP contribution in [0.4, 0.5) is 0 Å². The molecule has 0 radical (unpaired) electrons.